The number of aryl methyl sites for hydroxylation is 1. The fraction of sp³-hybridized carbons (Fsp3) is 0.250. The predicted molar refractivity (Wildman–Crippen MR) is 103 cm³/mol. The van der Waals surface area contributed by atoms with E-state index in [1.165, 1.54) is 10.9 Å². The van der Waals surface area contributed by atoms with E-state index in [-0.39, 0.29) is 6.03 Å². The van der Waals surface area contributed by atoms with Crippen molar-refractivity contribution in [3.05, 3.63) is 70.4 Å². The Bertz CT molecular complexity index is 872. The average Bonchev–Trinajstić information content (AvgIpc) is 2.91. The molecule has 0 bridgehead atoms. The van der Waals surface area contributed by atoms with Crippen molar-refractivity contribution < 1.29 is 4.79 Å². The minimum absolute atomic E-state index is 0.139. The number of aromatic amines is 1. The minimum Gasteiger partial charge on any atom is -0.358 e. The molecule has 25 heavy (non-hydrogen) atoms. The second kappa shape index (κ2) is 8.08. The van der Waals surface area contributed by atoms with Crippen molar-refractivity contribution in [1.29, 1.82) is 0 Å². The molecule has 3 N–H and O–H groups in total. The molecule has 1 aromatic heterocycles. The van der Waals surface area contributed by atoms with Crippen LogP contribution in [0, 0.1) is 6.92 Å². The number of rotatable bonds is 6. The molecule has 0 aliphatic carbocycles. The number of H-pyrrole nitrogens is 1. The SMILES string of the molecule is Cc1[nH]c2ccccc2c1CCNC(=O)NCCc1cccc(Cl)c1. The Hall–Kier alpha value is -2.46. The van der Waals surface area contributed by atoms with Crippen LogP contribution in [0.25, 0.3) is 10.9 Å². The number of carbonyl (C=O) groups excluding carboxylic acids is 1. The van der Waals surface area contributed by atoms with Gasteiger partial charge in [0, 0.05) is 34.7 Å². The normalized spacial score (nSPS) is 10.8. The summed E-state index contributed by atoms with van der Waals surface area (Å²) in [5.74, 6) is 0. The zero-order chi connectivity index (χ0) is 17.6. The number of nitrogens with one attached hydrogen (secondary N) is 3. The number of halogens is 1. The summed E-state index contributed by atoms with van der Waals surface area (Å²) in [6.07, 6.45) is 1.56. The zero-order valence-corrected chi connectivity index (χ0v) is 15.0. The standard InChI is InChI=1S/C20H22ClN3O/c1-14-17(18-7-2-3-8-19(18)24-14)10-12-23-20(25)22-11-9-15-5-4-6-16(21)13-15/h2-8,13,24H,9-12H2,1H3,(H2,22,23,25). The zero-order valence-electron chi connectivity index (χ0n) is 14.2. The molecular formula is C20H22ClN3O. The molecule has 0 radical (unpaired) electrons. The first-order chi connectivity index (χ1) is 12.1. The van der Waals surface area contributed by atoms with E-state index in [4.69, 9.17) is 11.6 Å². The molecule has 1 heterocycles. The highest BCUT2D eigenvalue weighted by molar-refractivity contribution is 6.30. The molecule has 5 heteroatoms. The summed E-state index contributed by atoms with van der Waals surface area (Å²) in [6, 6.07) is 15.8. The summed E-state index contributed by atoms with van der Waals surface area (Å²) in [4.78, 5) is 15.3. The lowest BCUT2D eigenvalue weighted by molar-refractivity contribution is 0.241. The highest BCUT2D eigenvalue weighted by atomic mass is 35.5. The monoisotopic (exact) mass is 355 g/mol. The summed E-state index contributed by atoms with van der Waals surface area (Å²) in [5.41, 5.74) is 4.67. The molecule has 3 aromatic rings. The van der Waals surface area contributed by atoms with Crippen molar-refractivity contribution >= 4 is 28.5 Å². The van der Waals surface area contributed by atoms with Gasteiger partial charge in [-0.2, -0.15) is 0 Å². The van der Waals surface area contributed by atoms with E-state index in [0.29, 0.717) is 13.1 Å². The molecule has 4 nitrogen and oxygen atoms in total. The van der Waals surface area contributed by atoms with Crippen LogP contribution >= 0.6 is 11.6 Å². The Morgan fingerprint density at radius 3 is 2.60 bits per heavy atom. The largest absolute Gasteiger partial charge is 0.358 e. The lowest BCUT2D eigenvalue weighted by atomic mass is 10.1. The molecule has 0 unspecified atom stereocenters. The van der Waals surface area contributed by atoms with Gasteiger partial charge < -0.3 is 15.6 Å². The van der Waals surface area contributed by atoms with Gasteiger partial charge in [-0.25, -0.2) is 4.79 Å². The van der Waals surface area contributed by atoms with Gasteiger partial charge in [-0.15, -0.1) is 0 Å². The molecule has 3 rings (SSSR count). The van der Waals surface area contributed by atoms with Crippen LogP contribution in [0.4, 0.5) is 4.79 Å². The van der Waals surface area contributed by atoms with Gasteiger partial charge in [-0.1, -0.05) is 41.9 Å². The topological polar surface area (TPSA) is 56.9 Å². The molecule has 0 saturated heterocycles. The van der Waals surface area contributed by atoms with Crippen molar-refractivity contribution in [2.45, 2.75) is 19.8 Å². The highest BCUT2D eigenvalue weighted by Gasteiger charge is 2.08. The van der Waals surface area contributed by atoms with Gasteiger partial charge in [0.1, 0.15) is 0 Å². The van der Waals surface area contributed by atoms with Gasteiger partial charge >= 0.3 is 6.03 Å². The summed E-state index contributed by atoms with van der Waals surface area (Å²) in [6.45, 7) is 3.25. The first-order valence-corrected chi connectivity index (χ1v) is 8.83. The number of urea groups is 1. The van der Waals surface area contributed by atoms with E-state index in [0.717, 1.165) is 34.6 Å². The maximum atomic E-state index is 11.9. The van der Waals surface area contributed by atoms with Crippen molar-refractivity contribution in [1.82, 2.24) is 15.6 Å². The molecule has 0 saturated carbocycles. The van der Waals surface area contributed by atoms with Gasteiger partial charge in [0.15, 0.2) is 0 Å². The molecule has 2 aromatic carbocycles. The molecule has 0 spiro atoms. The van der Waals surface area contributed by atoms with Crippen molar-refractivity contribution in [2.75, 3.05) is 13.1 Å². The van der Waals surface area contributed by atoms with Gasteiger partial charge in [-0.3, -0.25) is 0 Å². The number of benzene rings is 2. The highest BCUT2D eigenvalue weighted by Crippen LogP contribution is 2.21. The molecule has 0 aliphatic heterocycles. The fourth-order valence-corrected chi connectivity index (χ4v) is 3.25. The van der Waals surface area contributed by atoms with Crippen molar-refractivity contribution in [3.8, 4) is 0 Å². The number of amides is 2. The van der Waals surface area contributed by atoms with Crippen LogP contribution in [0.5, 0.6) is 0 Å². The van der Waals surface area contributed by atoms with Crippen LogP contribution in [0.3, 0.4) is 0 Å². The molecule has 0 atom stereocenters. The van der Waals surface area contributed by atoms with E-state index in [1.807, 2.05) is 36.4 Å². The van der Waals surface area contributed by atoms with E-state index >= 15 is 0 Å². The molecule has 130 valence electrons. The Kier molecular flexibility index (Phi) is 5.61. The second-order valence-corrected chi connectivity index (χ2v) is 6.52. The van der Waals surface area contributed by atoms with E-state index < -0.39 is 0 Å². The Morgan fingerprint density at radius 2 is 1.80 bits per heavy atom. The summed E-state index contributed by atoms with van der Waals surface area (Å²) in [5, 5.41) is 7.75. The third-order valence-corrected chi connectivity index (χ3v) is 4.51. The van der Waals surface area contributed by atoms with Crippen LogP contribution in [-0.2, 0) is 12.8 Å². The molecular weight excluding hydrogens is 334 g/mol. The lowest BCUT2D eigenvalue weighted by Crippen LogP contribution is -2.37. The van der Waals surface area contributed by atoms with Crippen molar-refractivity contribution in [3.63, 3.8) is 0 Å². The average molecular weight is 356 g/mol. The smallest absolute Gasteiger partial charge is 0.314 e. The third kappa shape index (κ3) is 4.54. The van der Waals surface area contributed by atoms with E-state index in [2.05, 4.69) is 34.7 Å². The third-order valence-electron chi connectivity index (χ3n) is 4.28. The summed E-state index contributed by atoms with van der Waals surface area (Å²) in [7, 11) is 0. The quantitative estimate of drug-likeness (QED) is 0.609. The maximum absolute atomic E-state index is 11.9. The van der Waals surface area contributed by atoms with Crippen LogP contribution in [0.2, 0.25) is 5.02 Å². The number of hydrogen-bond acceptors (Lipinski definition) is 1. The molecule has 2 amide bonds. The first-order valence-electron chi connectivity index (χ1n) is 8.46. The summed E-state index contributed by atoms with van der Waals surface area (Å²) < 4.78 is 0. The predicted octanol–water partition coefficient (Wildman–Crippen LogP) is 4.21. The van der Waals surface area contributed by atoms with E-state index in [1.54, 1.807) is 0 Å². The number of para-hydroxylation sites is 1. The van der Waals surface area contributed by atoms with Crippen LogP contribution in [0.15, 0.2) is 48.5 Å². The van der Waals surface area contributed by atoms with Crippen LogP contribution in [0.1, 0.15) is 16.8 Å². The number of carbonyl (C=O) groups is 1. The van der Waals surface area contributed by atoms with Crippen LogP contribution < -0.4 is 10.6 Å². The van der Waals surface area contributed by atoms with E-state index in [9.17, 15) is 4.79 Å². The number of aromatic nitrogens is 1. The van der Waals surface area contributed by atoms with Gasteiger partial charge in [0.2, 0.25) is 0 Å². The van der Waals surface area contributed by atoms with Gasteiger partial charge in [0.05, 0.1) is 0 Å². The Labute approximate surface area is 152 Å². The van der Waals surface area contributed by atoms with Gasteiger partial charge in [-0.05, 0) is 49.1 Å². The summed E-state index contributed by atoms with van der Waals surface area (Å²) >= 11 is 5.96. The second-order valence-electron chi connectivity index (χ2n) is 6.09. The first kappa shape index (κ1) is 17.4. The minimum atomic E-state index is -0.139. The Balaban J connectivity index is 1.44. The fourth-order valence-electron chi connectivity index (χ4n) is 3.03. The number of hydrogen-bond donors (Lipinski definition) is 3. The lowest BCUT2D eigenvalue weighted by Gasteiger charge is -2.08. The van der Waals surface area contributed by atoms with Crippen molar-refractivity contribution in [2.24, 2.45) is 0 Å². The molecule has 0 aliphatic rings. The molecule has 0 fully saturated rings. The number of fused-ring (bicyclic) bond motifs is 1. The Morgan fingerprint density at radius 1 is 1.04 bits per heavy atom. The van der Waals surface area contributed by atoms with Crippen LogP contribution in [-0.4, -0.2) is 24.1 Å². The van der Waals surface area contributed by atoms with Gasteiger partial charge in [0.25, 0.3) is 0 Å². The maximum Gasteiger partial charge on any atom is 0.314 e.